The van der Waals surface area contributed by atoms with E-state index in [-0.39, 0.29) is 23.2 Å². The SMILES string of the molecule is CC(=O)[C@H]1C(C)=C[C@H](O)CC12CCCC2. The second kappa shape index (κ2) is 3.75. The first-order valence-corrected chi connectivity index (χ1v) is 5.92. The molecule has 2 rings (SSSR count). The number of carbonyl (C=O) groups excluding carboxylic acids is 1. The summed E-state index contributed by atoms with van der Waals surface area (Å²) in [6, 6.07) is 0. The fourth-order valence-electron chi connectivity index (χ4n) is 3.80. The van der Waals surface area contributed by atoms with Crippen LogP contribution < -0.4 is 0 Å². The quantitative estimate of drug-likeness (QED) is 0.672. The van der Waals surface area contributed by atoms with Crippen molar-refractivity contribution in [2.45, 2.75) is 52.1 Å². The predicted molar refractivity (Wildman–Crippen MR) is 59.5 cm³/mol. The van der Waals surface area contributed by atoms with Crippen LogP contribution in [0.25, 0.3) is 0 Å². The zero-order valence-corrected chi connectivity index (χ0v) is 9.62. The van der Waals surface area contributed by atoms with E-state index in [0.717, 1.165) is 24.8 Å². The number of aliphatic hydroxyl groups excluding tert-OH is 1. The molecule has 1 N–H and O–H groups in total. The molecule has 84 valence electrons. The highest BCUT2D eigenvalue weighted by Gasteiger charge is 2.47. The molecule has 1 spiro atoms. The van der Waals surface area contributed by atoms with Crippen LogP contribution in [0.4, 0.5) is 0 Å². The first-order valence-electron chi connectivity index (χ1n) is 5.92. The van der Waals surface area contributed by atoms with Crippen molar-refractivity contribution in [2.75, 3.05) is 0 Å². The fraction of sp³-hybridized carbons (Fsp3) is 0.769. The van der Waals surface area contributed by atoms with Gasteiger partial charge in [0, 0.05) is 5.92 Å². The Balaban J connectivity index is 2.36. The molecule has 0 amide bonds. The van der Waals surface area contributed by atoms with Gasteiger partial charge in [-0.15, -0.1) is 0 Å². The number of Topliss-reactive ketones (excluding diaryl/α,β-unsaturated/α-hetero) is 1. The van der Waals surface area contributed by atoms with Crippen molar-refractivity contribution in [3.63, 3.8) is 0 Å². The summed E-state index contributed by atoms with van der Waals surface area (Å²) in [7, 11) is 0. The molecule has 0 aliphatic heterocycles. The predicted octanol–water partition coefficient (Wildman–Crippen LogP) is 2.46. The summed E-state index contributed by atoms with van der Waals surface area (Å²) >= 11 is 0. The second-order valence-corrected chi connectivity index (χ2v) is 5.30. The van der Waals surface area contributed by atoms with Gasteiger partial charge in [-0.3, -0.25) is 4.79 Å². The van der Waals surface area contributed by atoms with Gasteiger partial charge in [0.1, 0.15) is 5.78 Å². The number of rotatable bonds is 1. The minimum Gasteiger partial charge on any atom is -0.389 e. The summed E-state index contributed by atoms with van der Waals surface area (Å²) in [5, 5.41) is 9.82. The summed E-state index contributed by atoms with van der Waals surface area (Å²) in [5.74, 6) is 0.348. The molecule has 0 unspecified atom stereocenters. The van der Waals surface area contributed by atoms with E-state index in [1.165, 1.54) is 12.8 Å². The Bertz CT molecular complexity index is 298. The van der Waals surface area contributed by atoms with Crippen LogP contribution in [0, 0.1) is 11.3 Å². The molecular formula is C13H20O2. The van der Waals surface area contributed by atoms with E-state index in [1.807, 2.05) is 13.0 Å². The Labute approximate surface area is 91.4 Å². The zero-order valence-electron chi connectivity index (χ0n) is 9.62. The third-order valence-electron chi connectivity index (χ3n) is 4.14. The number of hydrogen-bond acceptors (Lipinski definition) is 2. The molecule has 2 aliphatic rings. The van der Waals surface area contributed by atoms with Crippen molar-refractivity contribution in [1.29, 1.82) is 0 Å². The molecule has 0 radical (unpaired) electrons. The van der Waals surface area contributed by atoms with Gasteiger partial charge in [-0.05, 0) is 38.5 Å². The van der Waals surface area contributed by atoms with Crippen LogP contribution in [0.3, 0.4) is 0 Å². The van der Waals surface area contributed by atoms with Gasteiger partial charge in [-0.2, -0.15) is 0 Å². The summed E-state index contributed by atoms with van der Waals surface area (Å²) in [4.78, 5) is 11.8. The first-order chi connectivity index (χ1) is 7.05. The lowest BCUT2D eigenvalue weighted by molar-refractivity contribution is -0.124. The summed E-state index contributed by atoms with van der Waals surface area (Å²) < 4.78 is 0. The van der Waals surface area contributed by atoms with Crippen LogP contribution in [-0.2, 0) is 4.79 Å². The number of ketones is 1. The molecule has 2 nitrogen and oxygen atoms in total. The third kappa shape index (κ3) is 1.76. The summed E-state index contributed by atoms with van der Waals surface area (Å²) in [6.45, 7) is 3.69. The number of carbonyl (C=O) groups is 1. The molecule has 1 fully saturated rings. The number of allylic oxidation sites excluding steroid dienone is 1. The molecule has 0 saturated heterocycles. The van der Waals surface area contributed by atoms with Gasteiger partial charge in [-0.25, -0.2) is 0 Å². The van der Waals surface area contributed by atoms with Crippen molar-refractivity contribution in [2.24, 2.45) is 11.3 Å². The van der Waals surface area contributed by atoms with Gasteiger partial charge in [0.2, 0.25) is 0 Å². The van der Waals surface area contributed by atoms with Gasteiger partial charge in [-0.1, -0.05) is 24.5 Å². The van der Waals surface area contributed by atoms with Gasteiger partial charge in [0.05, 0.1) is 6.10 Å². The average Bonchev–Trinajstić information content (AvgIpc) is 2.50. The molecule has 2 heteroatoms. The van der Waals surface area contributed by atoms with Crippen molar-refractivity contribution in [3.05, 3.63) is 11.6 Å². The Hall–Kier alpha value is -0.630. The molecule has 0 aromatic heterocycles. The zero-order chi connectivity index (χ0) is 11.1. The highest BCUT2D eigenvalue weighted by atomic mass is 16.3. The maximum absolute atomic E-state index is 11.8. The maximum Gasteiger partial charge on any atom is 0.137 e. The maximum atomic E-state index is 11.8. The Morgan fingerprint density at radius 3 is 2.60 bits per heavy atom. The minimum absolute atomic E-state index is 0.0726. The highest BCUT2D eigenvalue weighted by molar-refractivity contribution is 5.82. The molecule has 0 aromatic rings. The van der Waals surface area contributed by atoms with Crippen molar-refractivity contribution in [3.8, 4) is 0 Å². The van der Waals surface area contributed by atoms with Crippen LogP contribution >= 0.6 is 0 Å². The Kier molecular flexibility index (Phi) is 2.72. The van der Waals surface area contributed by atoms with Gasteiger partial charge >= 0.3 is 0 Å². The highest BCUT2D eigenvalue weighted by Crippen LogP contribution is 2.52. The monoisotopic (exact) mass is 208 g/mol. The lowest BCUT2D eigenvalue weighted by Gasteiger charge is -2.41. The van der Waals surface area contributed by atoms with Crippen LogP contribution in [-0.4, -0.2) is 17.0 Å². The topological polar surface area (TPSA) is 37.3 Å². The van der Waals surface area contributed by atoms with Crippen LogP contribution in [0.1, 0.15) is 46.0 Å². The lowest BCUT2D eigenvalue weighted by atomic mass is 9.63. The Morgan fingerprint density at radius 2 is 2.07 bits per heavy atom. The number of hydrogen-bond donors (Lipinski definition) is 1. The van der Waals surface area contributed by atoms with Crippen LogP contribution in [0.5, 0.6) is 0 Å². The molecule has 0 heterocycles. The molecule has 2 atom stereocenters. The van der Waals surface area contributed by atoms with Crippen molar-refractivity contribution in [1.82, 2.24) is 0 Å². The first kappa shape index (κ1) is 10.9. The summed E-state index contributed by atoms with van der Waals surface area (Å²) in [6.07, 6.45) is 6.97. The molecular weight excluding hydrogens is 188 g/mol. The fourth-order valence-corrected chi connectivity index (χ4v) is 3.80. The van der Waals surface area contributed by atoms with Crippen LogP contribution in [0.2, 0.25) is 0 Å². The molecule has 0 aromatic carbocycles. The average molecular weight is 208 g/mol. The molecule has 1 saturated carbocycles. The van der Waals surface area contributed by atoms with E-state index >= 15 is 0 Å². The third-order valence-corrected chi connectivity index (χ3v) is 4.14. The van der Waals surface area contributed by atoms with E-state index in [0.29, 0.717) is 0 Å². The normalized spacial score (nSPS) is 34.2. The lowest BCUT2D eigenvalue weighted by Crippen LogP contribution is -2.39. The van der Waals surface area contributed by atoms with Crippen molar-refractivity contribution < 1.29 is 9.90 Å². The van der Waals surface area contributed by atoms with Gasteiger partial charge in [0.15, 0.2) is 0 Å². The number of aliphatic hydroxyl groups is 1. The Morgan fingerprint density at radius 1 is 1.47 bits per heavy atom. The largest absolute Gasteiger partial charge is 0.389 e. The smallest absolute Gasteiger partial charge is 0.137 e. The van der Waals surface area contributed by atoms with Crippen molar-refractivity contribution >= 4 is 5.78 Å². The standard InChI is InChI=1S/C13H20O2/c1-9-7-11(15)8-13(5-3-4-6-13)12(9)10(2)14/h7,11-12,15H,3-6,8H2,1-2H3/t11-,12+/m0/s1. The summed E-state index contributed by atoms with van der Waals surface area (Å²) in [5.41, 5.74) is 1.17. The van der Waals surface area contributed by atoms with Gasteiger partial charge in [0.25, 0.3) is 0 Å². The van der Waals surface area contributed by atoms with E-state index in [4.69, 9.17) is 0 Å². The van der Waals surface area contributed by atoms with Gasteiger partial charge < -0.3 is 5.11 Å². The molecule has 0 bridgehead atoms. The minimum atomic E-state index is -0.335. The van der Waals surface area contributed by atoms with E-state index in [1.54, 1.807) is 6.92 Å². The molecule has 15 heavy (non-hydrogen) atoms. The van der Waals surface area contributed by atoms with Crippen LogP contribution in [0.15, 0.2) is 11.6 Å². The van der Waals surface area contributed by atoms with E-state index < -0.39 is 0 Å². The second-order valence-electron chi connectivity index (χ2n) is 5.30. The van der Waals surface area contributed by atoms with E-state index in [2.05, 4.69) is 0 Å². The molecule has 2 aliphatic carbocycles. The van der Waals surface area contributed by atoms with E-state index in [9.17, 15) is 9.90 Å².